The van der Waals surface area contributed by atoms with Crippen LogP contribution in [0.5, 0.6) is 0 Å². The van der Waals surface area contributed by atoms with Crippen molar-refractivity contribution in [2.45, 2.75) is 26.7 Å². The molecule has 0 saturated heterocycles. The third kappa shape index (κ3) is 1.62. The van der Waals surface area contributed by atoms with Crippen molar-refractivity contribution < 1.29 is 9.90 Å². The molecule has 0 aromatic rings. The summed E-state index contributed by atoms with van der Waals surface area (Å²) in [5, 5.41) is 9.64. The van der Waals surface area contributed by atoms with E-state index in [0.29, 0.717) is 0 Å². The first-order valence-electron chi connectivity index (χ1n) is 6.14. The van der Waals surface area contributed by atoms with Gasteiger partial charge in [-0.2, -0.15) is 0 Å². The first-order chi connectivity index (χ1) is 7.98. The first kappa shape index (κ1) is 12.3. The maximum atomic E-state index is 12.1. The van der Waals surface area contributed by atoms with E-state index in [9.17, 15) is 9.90 Å². The summed E-state index contributed by atoms with van der Waals surface area (Å²) in [7, 11) is 0. The van der Waals surface area contributed by atoms with Gasteiger partial charge in [0.1, 0.15) is 0 Å². The Bertz CT molecular complexity index is 419. The van der Waals surface area contributed by atoms with Gasteiger partial charge in [0, 0.05) is 17.4 Å². The molecule has 92 valence electrons. The Kier molecular flexibility index (Phi) is 2.86. The van der Waals surface area contributed by atoms with Crippen molar-refractivity contribution in [1.29, 1.82) is 0 Å². The summed E-state index contributed by atoms with van der Waals surface area (Å²) >= 11 is 0. The minimum atomic E-state index is -0.435. The van der Waals surface area contributed by atoms with Crippen LogP contribution in [-0.4, -0.2) is 17.5 Å². The summed E-state index contributed by atoms with van der Waals surface area (Å²) in [6.07, 6.45) is 9.16. The molecule has 0 fully saturated rings. The highest BCUT2D eigenvalue weighted by Crippen LogP contribution is 2.54. The molecular formula is C15H20O2. The van der Waals surface area contributed by atoms with Crippen LogP contribution in [0.3, 0.4) is 0 Å². The zero-order valence-electron chi connectivity index (χ0n) is 10.6. The number of aliphatic hydroxyl groups is 1. The van der Waals surface area contributed by atoms with Crippen LogP contribution in [0.15, 0.2) is 36.5 Å². The van der Waals surface area contributed by atoms with E-state index >= 15 is 0 Å². The quantitative estimate of drug-likeness (QED) is 0.759. The van der Waals surface area contributed by atoms with Crippen LogP contribution in [0.4, 0.5) is 0 Å². The van der Waals surface area contributed by atoms with Gasteiger partial charge in [0.05, 0.1) is 0 Å². The largest absolute Gasteiger partial charge is 0.396 e. The zero-order valence-corrected chi connectivity index (χ0v) is 10.6. The van der Waals surface area contributed by atoms with Crippen LogP contribution < -0.4 is 0 Å². The average Bonchev–Trinajstić information content (AvgIpc) is 2.44. The standard InChI is InChI=1S/C15H20O2/c1-4-6-15-7-5-13(17)14(3,8-11(15)2)9-12(15)10-16/h4-5,7-8,12,16H,1,6,9-10H2,2-3H3. The molecule has 3 rings (SSSR count). The van der Waals surface area contributed by atoms with E-state index in [-0.39, 0.29) is 23.7 Å². The van der Waals surface area contributed by atoms with E-state index in [1.165, 1.54) is 5.57 Å². The number of fused-ring (bicyclic) bond motifs is 2. The fourth-order valence-corrected chi connectivity index (χ4v) is 3.40. The molecule has 2 heteroatoms. The van der Waals surface area contributed by atoms with Crippen LogP contribution in [0.2, 0.25) is 0 Å². The van der Waals surface area contributed by atoms with Crippen LogP contribution in [-0.2, 0) is 4.79 Å². The van der Waals surface area contributed by atoms with Gasteiger partial charge < -0.3 is 5.11 Å². The van der Waals surface area contributed by atoms with Crippen LogP contribution in [0.25, 0.3) is 0 Å². The molecule has 0 amide bonds. The number of hydrogen-bond acceptors (Lipinski definition) is 2. The SMILES string of the molecule is C=CCC12C=CC(=O)C(C)(C=C1C)CC2CO. The number of ketones is 1. The van der Waals surface area contributed by atoms with E-state index in [1.54, 1.807) is 6.08 Å². The summed E-state index contributed by atoms with van der Waals surface area (Å²) in [5.74, 6) is 0.261. The highest BCUT2D eigenvalue weighted by molar-refractivity contribution is 5.97. The van der Waals surface area contributed by atoms with E-state index in [0.717, 1.165) is 12.8 Å². The highest BCUT2D eigenvalue weighted by atomic mass is 16.3. The monoisotopic (exact) mass is 232 g/mol. The molecule has 0 aromatic heterocycles. The second-order valence-electron chi connectivity index (χ2n) is 5.56. The first-order valence-corrected chi connectivity index (χ1v) is 6.14. The fourth-order valence-electron chi connectivity index (χ4n) is 3.40. The molecule has 3 aliphatic carbocycles. The van der Waals surface area contributed by atoms with E-state index < -0.39 is 5.41 Å². The van der Waals surface area contributed by atoms with Gasteiger partial charge >= 0.3 is 0 Å². The lowest BCUT2D eigenvalue weighted by Gasteiger charge is -2.44. The van der Waals surface area contributed by atoms with Crippen LogP contribution in [0, 0.1) is 16.7 Å². The lowest BCUT2D eigenvalue weighted by atomic mass is 9.59. The van der Waals surface area contributed by atoms with E-state index in [2.05, 4.69) is 19.6 Å². The second kappa shape index (κ2) is 3.95. The Labute approximate surface area is 103 Å². The number of allylic oxidation sites excluding steroid dienone is 5. The molecule has 0 heterocycles. The van der Waals surface area contributed by atoms with Crippen molar-refractivity contribution in [3.63, 3.8) is 0 Å². The normalized spacial score (nSPS) is 40.1. The van der Waals surface area contributed by atoms with Crippen molar-refractivity contribution in [3.05, 3.63) is 36.5 Å². The Morgan fingerprint density at radius 3 is 2.94 bits per heavy atom. The summed E-state index contributed by atoms with van der Waals surface area (Å²) in [5.41, 5.74) is 0.546. The molecule has 2 nitrogen and oxygen atoms in total. The molecule has 0 radical (unpaired) electrons. The molecular weight excluding hydrogens is 212 g/mol. The van der Waals surface area contributed by atoms with Crippen molar-refractivity contribution >= 4 is 5.78 Å². The summed E-state index contributed by atoms with van der Waals surface area (Å²) in [6, 6.07) is 0. The van der Waals surface area contributed by atoms with Gasteiger partial charge in [0.15, 0.2) is 5.78 Å². The van der Waals surface area contributed by atoms with E-state index in [4.69, 9.17) is 0 Å². The van der Waals surface area contributed by atoms with Crippen LogP contribution in [0.1, 0.15) is 26.7 Å². The molecule has 17 heavy (non-hydrogen) atoms. The molecule has 0 saturated carbocycles. The Morgan fingerprint density at radius 2 is 2.35 bits per heavy atom. The highest BCUT2D eigenvalue weighted by Gasteiger charge is 2.49. The van der Waals surface area contributed by atoms with Gasteiger partial charge in [-0.1, -0.05) is 23.8 Å². The van der Waals surface area contributed by atoms with Crippen molar-refractivity contribution in [2.24, 2.45) is 16.7 Å². The smallest absolute Gasteiger partial charge is 0.165 e. The van der Waals surface area contributed by atoms with E-state index in [1.807, 2.05) is 19.1 Å². The molecule has 2 bridgehead atoms. The lowest BCUT2D eigenvalue weighted by molar-refractivity contribution is -0.122. The summed E-state index contributed by atoms with van der Waals surface area (Å²) in [4.78, 5) is 12.1. The Morgan fingerprint density at radius 1 is 1.65 bits per heavy atom. The predicted octanol–water partition coefficient (Wildman–Crippen LogP) is 2.65. The minimum Gasteiger partial charge on any atom is -0.396 e. The molecule has 0 aromatic carbocycles. The maximum Gasteiger partial charge on any atom is 0.165 e. The Balaban J connectivity index is 2.60. The molecule has 3 unspecified atom stereocenters. The topological polar surface area (TPSA) is 37.3 Å². The average molecular weight is 232 g/mol. The number of aliphatic hydroxyl groups excluding tert-OH is 1. The van der Waals surface area contributed by atoms with Crippen molar-refractivity contribution in [3.8, 4) is 0 Å². The molecule has 0 spiro atoms. The predicted molar refractivity (Wildman–Crippen MR) is 68.5 cm³/mol. The van der Waals surface area contributed by atoms with Gasteiger partial charge in [-0.25, -0.2) is 0 Å². The minimum absolute atomic E-state index is 0.109. The van der Waals surface area contributed by atoms with Gasteiger partial charge in [0.25, 0.3) is 0 Å². The fraction of sp³-hybridized carbons (Fsp3) is 0.533. The number of rotatable bonds is 3. The molecule has 1 N–H and O–H groups in total. The summed E-state index contributed by atoms with van der Waals surface area (Å²) in [6.45, 7) is 7.95. The zero-order chi connectivity index (χ0) is 12.7. The molecule has 3 atom stereocenters. The van der Waals surface area contributed by atoms with Gasteiger partial charge in [0.2, 0.25) is 0 Å². The number of carbonyl (C=O) groups is 1. The van der Waals surface area contributed by atoms with Crippen molar-refractivity contribution in [2.75, 3.05) is 6.61 Å². The Hall–Kier alpha value is -1.15. The third-order valence-electron chi connectivity index (χ3n) is 4.47. The number of carbonyl (C=O) groups excluding carboxylic acids is 1. The molecule has 3 aliphatic rings. The van der Waals surface area contributed by atoms with Gasteiger partial charge in [-0.15, -0.1) is 6.58 Å². The second-order valence-corrected chi connectivity index (χ2v) is 5.56. The maximum absolute atomic E-state index is 12.1. The summed E-state index contributed by atoms with van der Waals surface area (Å²) < 4.78 is 0. The van der Waals surface area contributed by atoms with Gasteiger partial charge in [-0.3, -0.25) is 4.79 Å². The molecule has 0 aliphatic heterocycles. The lowest BCUT2D eigenvalue weighted by Crippen LogP contribution is -2.40. The number of hydrogen-bond donors (Lipinski definition) is 1. The van der Waals surface area contributed by atoms with Crippen LogP contribution >= 0.6 is 0 Å². The van der Waals surface area contributed by atoms with Gasteiger partial charge in [-0.05, 0) is 38.7 Å². The van der Waals surface area contributed by atoms with Crippen molar-refractivity contribution in [1.82, 2.24) is 0 Å². The third-order valence-corrected chi connectivity index (χ3v) is 4.47.